The molecule has 1 aromatic rings. The fraction of sp³-hybridized carbons (Fsp3) is 0.562. The van der Waals surface area contributed by atoms with Crippen molar-refractivity contribution in [2.45, 2.75) is 32.3 Å². The van der Waals surface area contributed by atoms with Crippen LogP contribution in [0.2, 0.25) is 5.02 Å². The predicted octanol–water partition coefficient (Wildman–Crippen LogP) is 2.62. The molecule has 21 heavy (non-hydrogen) atoms. The molecule has 0 atom stereocenters. The molecule has 116 valence electrons. The summed E-state index contributed by atoms with van der Waals surface area (Å²) < 4.78 is 5.76. The Kier molecular flexibility index (Phi) is 6.03. The summed E-state index contributed by atoms with van der Waals surface area (Å²) in [5.74, 6) is 0.0652. The highest BCUT2D eigenvalue weighted by atomic mass is 35.5. The fourth-order valence-corrected chi connectivity index (χ4v) is 2.74. The smallest absolute Gasteiger partial charge is 0.254 e. The molecule has 0 bridgehead atoms. The van der Waals surface area contributed by atoms with Gasteiger partial charge in [-0.2, -0.15) is 0 Å². The quantitative estimate of drug-likeness (QED) is 0.851. The van der Waals surface area contributed by atoms with Crippen LogP contribution in [-0.2, 0) is 4.74 Å². The first-order valence-corrected chi connectivity index (χ1v) is 7.87. The molecule has 0 aromatic heterocycles. The molecular weight excluding hydrogens is 288 g/mol. The number of nitrogens with two attached hydrogens (primary N) is 1. The average molecular weight is 311 g/mol. The maximum atomic E-state index is 12.5. The molecule has 1 saturated heterocycles. The number of halogens is 1. The Balaban J connectivity index is 1.90. The Morgan fingerprint density at radius 2 is 2.14 bits per heavy atom. The lowest BCUT2D eigenvalue weighted by Crippen LogP contribution is -2.41. The molecule has 0 spiro atoms. The third-order valence-corrected chi connectivity index (χ3v) is 4.34. The Bertz CT molecular complexity index is 485. The number of carbonyl (C=O) groups excluding carboxylic acids is 1. The fourth-order valence-electron chi connectivity index (χ4n) is 2.57. The third kappa shape index (κ3) is 4.19. The minimum Gasteiger partial charge on any atom is -0.378 e. The normalized spacial score (nSPS) is 16.2. The van der Waals surface area contributed by atoms with Crippen LogP contribution in [0.5, 0.6) is 0 Å². The molecule has 4 nitrogen and oxygen atoms in total. The maximum absolute atomic E-state index is 12.5. The molecule has 2 N–H and O–H groups in total. The first-order valence-electron chi connectivity index (χ1n) is 7.49. The van der Waals surface area contributed by atoms with Crippen molar-refractivity contribution in [2.75, 3.05) is 26.2 Å². The van der Waals surface area contributed by atoms with Crippen molar-refractivity contribution in [3.8, 4) is 0 Å². The van der Waals surface area contributed by atoms with Gasteiger partial charge in [-0.3, -0.25) is 4.79 Å². The van der Waals surface area contributed by atoms with Crippen molar-refractivity contribution >= 4 is 17.5 Å². The highest BCUT2D eigenvalue weighted by Crippen LogP contribution is 2.22. The molecule has 0 unspecified atom stereocenters. The molecule has 0 saturated carbocycles. The van der Waals surface area contributed by atoms with Crippen molar-refractivity contribution in [3.05, 3.63) is 34.3 Å². The van der Waals surface area contributed by atoms with Crippen molar-refractivity contribution in [3.63, 3.8) is 0 Å². The summed E-state index contributed by atoms with van der Waals surface area (Å²) in [6, 6.07) is 5.48. The lowest BCUT2D eigenvalue weighted by atomic mass is 10.0. The van der Waals surface area contributed by atoms with Gasteiger partial charge < -0.3 is 15.4 Å². The molecule has 1 fully saturated rings. The van der Waals surface area contributed by atoms with Crippen LogP contribution in [0.3, 0.4) is 0 Å². The van der Waals surface area contributed by atoms with E-state index in [0.29, 0.717) is 23.7 Å². The van der Waals surface area contributed by atoms with Crippen molar-refractivity contribution in [2.24, 2.45) is 5.73 Å². The van der Waals surface area contributed by atoms with E-state index in [-0.39, 0.29) is 12.0 Å². The molecule has 2 rings (SSSR count). The first kappa shape index (κ1) is 16.3. The summed E-state index contributed by atoms with van der Waals surface area (Å²) in [4.78, 5) is 14.4. The summed E-state index contributed by atoms with van der Waals surface area (Å²) in [7, 11) is 0. The molecule has 1 aliphatic heterocycles. The van der Waals surface area contributed by atoms with E-state index in [0.717, 1.165) is 37.9 Å². The Labute approximate surface area is 131 Å². The van der Waals surface area contributed by atoms with Crippen molar-refractivity contribution in [1.29, 1.82) is 0 Å². The van der Waals surface area contributed by atoms with Gasteiger partial charge in [0.2, 0.25) is 0 Å². The molecular formula is C16H23ClN2O2. The second-order valence-electron chi connectivity index (χ2n) is 5.42. The van der Waals surface area contributed by atoms with Crippen LogP contribution in [0.4, 0.5) is 0 Å². The zero-order chi connectivity index (χ0) is 15.2. The molecule has 0 radical (unpaired) electrons. The van der Waals surface area contributed by atoms with Crippen LogP contribution in [0.15, 0.2) is 18.2 Å². The van der Waals surface area contributed by atoms with E-state index in [9.17, 15) is 4.79 Å². The first-order chi connectivity index (χ1) is 10.1. The summed E-state index contributed by atoms with van der Waals surface area (Å²) in [6.07, 6.45) is 2.91. The van der Waals surface area contributed by atoms with Gasteiger partial charge in [-0.25, -0.2) is 0 Å². The van der Waals surface area contributed by atoms with Crippen molar-refractivity contribution < 1.29 is 9.53 Å². The average Bonchev–Trinajstić information content (AvgIpc) is 2.50. The SMILES string of the molecule is Cc1c(Cl)cccc1C(=O)N1CCC(OCCCN)CC1. The number of nitrogens with zero attached hydrogens (tertiary/aromatic N) is 1. The summed E-state index contributed by atoms with van der Waals surface area (Å²) in [5, 5.41) is 0.640. The van der Waals surface area contributed by atoms with Gasteiger partial charge in [-0.05, 0) is 50.4 Å². The molecule has 5 heteroatoms. The predicted molar refractivity (Wildman–Crippen MR) is 84.7 cm³/mol. The van der Waals surface area contributed by atoms with E-state index in [1.54, 1.807) is 0 Å². The molecule has 1 aliphatic rings. The van der Waals surface area contributed by atoms with Gasteiger partial charge in [0, 0.05) is 30.3 Å². The molecule has 1 amide bonds. The molecule has 1 aromatic carbocycles. The zero-order valence-electron chi connectivity index (χ0n) is 12.5. The van der Waals surface area contributed by atoms with Gasteiger partial charge in [0.15, 0.2) is 0 Å². The van der Waals surface area contributed by atoms with Crippen LogP contribution < -0.4 is 5.73 Å². The largest absolute Gasteiger partial charge is 0.378 e. The van der Waals surface area contributed by atoms with Crippen LogP contribution in [-0.4, -0.2) is 43.2 Å². The minimum absolute atomic E-state index is 0.0652. The van der Waals surface area contributed by atoms with Crippen LogP contribution in [0.1, 0.15) is 35.2 Å². The number of rotatable bonds is 5. The van der Waals surface area contributed by atoms with Gasteiger partial charge in [0.05, 0.1) is 6.10 Å². The monoisotopic (exact) mass is 310 g/mol. The van der Waals surface area contributed by atoms with Gasteiger partial charge in [-0.15, -0.1) is 0 Å². The van der Waals surface area contributed by atoms with Crippen LogP contribution in [0.25, 0.3) is 0 Å². The topological polar surface area (TPSA) is 55.6 Å². The second-order valence-corrected chi connectivity index (χ2v) is 5.82. The van der Waals surface area contributed by atoms with Gasteiger partial charge in [-0.1, -0.05) is 17.7 Å². The van der Waals surface area contributed by atoms with E-state index < -0.39 is 0 Å². The van der Waals surface area contributed by atoms with E-state index in [1.807, 2.05) is 30.0 Å². The molecule has 1 heterocycles. The van der Waals surface area contributed by atoms with Crippen LogP contribution in [0, 0.1) is 6.92 Å². The van der Waals surface area contributed by atoms with Crippen molar-refractivity contribution in [1.82, 2.24) is 4.90 Å². The van der Waals surface area contributed by atoms with E-state index in [2.05, 4.69) is 0 Å². The lowest BCUT2D eigenvalue weighted by molar-refractivity contribution is 0.00843. The molecule has 0 aliphatic carbocycles. The number of likely N-dealkylation sites (tertiary alicyclic amines) is 1. The Morgan fingerprint density at radius 3 is 2.81 bits per heavy atom. The van der Waals surface area contributed by atoms with Gasteiger partial charge >= 0.3 is 0 Å². The van der Waals surface area contributed by atoms with E-state index in [4.69, 9.17) is 22.1 Å². The minimum atomic E-state index is 0.0652. The summed E-state index contributed by atoms with van der Waals surface area (Å²) in [6.45, 7) is 4.72. The number of hydrogen-bond acceptors (Lipinski definition) is 3. The second kappa shape index (κ2) is 7.78. The van der Waals surface area contributed by atoms with E-state index in [1.165, 1.54) is 0 Å². The number of carbonyl (C=O) groups is 1. The lowest BCUT2D eigenvalue weighted by Gasteiger charge is -2.32. The number of benzene rings is 1. The zero-order valence-corrected chi connectivity index (χ0v) is 13.2. The number of amides is 1. The standard InChI is InChI=1S/C16H23ClN2O2/c1-12-14(4-2-5-15(12)17)16(20)19-9-6-13(7-10-19)21-11-3-8-18/h2,4-5,13H,3,6-11,18H2,1H3. The van der Waals surface area contributed by atoms with Crippen LogP contribution >= 0.6 is 11.6 Å². The number of hydrogen-bond donors (Lipinski definition) is 1. The highest BCUT2D eigenvalue weighted by Gasteiger charge is 2.25. The maximum Gasteiger partial charge on any atom is 0.254 e. The van der Waals surface area contributed by atoms with E-state index >= 15 is 0 Å². The summed E-state index contributed by atoms with van der Waals surface area (Å²) >= 11 is 6.09. The Morgan fingerprint density at radius 1 is 1.43 bits per heavy atom. The Hall–Kier alpha value is -1.10. The number of ether oxygens (including phenoxy) is 1. The third-order valence-electron chi connectivity index (χ3n) is 3.93. The van der Waals surface area contributed by atoms with Gasteiger partial charge in [0.1, 0.15) is 0 Å². The number of piperidine rings is 1. The van der Waals surface area contributed by atoms with Gasteiger partial charge in [0.25, 0.3) is 5.91 Å². The summed E-state index contributed by atoms with van der Waals surface area (Å²) in [5.41, 5.74) is 7.00. The highest BCUT2D eigenvalue weighted by molar-refractivity contribution is 6.31.